The summed E-state index contributed by atoms with van der Waals surface area (Å²) in [5, 5.41) is 58.6. The first-order valence-corrected chi connectivity index (χ1v) is 12.4. The van der Waals surface area contributed by atoms with Gasteiger partial charge in [-0.25, -0.2) is 0 Å². The molecular weight excluding hydrogens is 554 g/mol. The molecule has 8 N–H and O–H groups in total. The molecule has 0 radical (unpaired) electrons. The van der Waals surface area contributed by atoms with Crippen molar-refractivity contribution in [3.8, 4) is 5.75 Å². The number of fused-ring (bicyclic) bond motifs is 3. The third kappa shape index (κ3) is 3.52. The number of aliphatic hydroxyl groups is 4. The number of primary amides is 1. The molecule has 1 fully saturated rings. The van der Waals surface area contributed by atoms with Crippen LogP contribution in [0.25, 0.3) is 5.76 Å². The minimum absolute atomic E-state index is 0.0592. The van der Waals surface area contributed by atoms with Crippen LogP contribution in [0.2, 0.25) is 0 Å². The van der Waals surface area contributed by atoms with Gasteiger partial charge in [0.05, 0.1) is 34.6 Å². The van der Waals surface area contributed by atoms with Gasteiger partial charge >= 0.3 is 0 Å². The first kappa shape index (κ1) is 26.8. The van der Waals surface area contributed by atoms with Crippen molar-refractivity contribution in [2.75, 3.05) is 24.7 Å². The number of nitrogens with zero attached hydrogens (tertiary/aromatic N) is 1. The van der Waals surface area contributed by atoms with Crippen LogP contribution >= 0.6 is 15.9 Å². The van der Waals surface area contributed by atoms with Crippen LogP contribution in [0.1, 0.15) is 24.0 Å². The molecule has 37 heavy (non-hydrogen) atoms. The van der Waals surface area contributed by atoms with E-state index in [9.17, 15) is 44.7 Å². The largest absolute Gasteiger partial charge is 0.508 e. The minimum Gasteiger partial charge on any atom is -0.508 e. The number of carbonyl (C=O) groups excluding carboxylic acids is 4. The Kier molecular flexibility index (Phi) is 6.47. The monoisotopic (exact) mass is 579 g/mol. The van der Waals surface area contributed by atoms with E-state index in [-0.39, 0.29) is 16.6 Å². The fraction of sp³-hybridized carbons (Fsp3) is 0.417. The molecule has 3 unspecified atom stereocenters. The molecule has 6 atom stereocenters. The van der Waals surface area contributed by atoms with Crippen LogP contribution in [0.4, 0.5) is 5.69 Å². The number of carbonyl (C=O) groups is 4. The van der Waals surface area contributed by atoms with Crippen LogP contribution in [0.3, 0.4) is 0 Å². The summed E-state index contributed by atoms with van der Waals surface area (Å²) in [7, 11) is 2.87. The van der Waals surface area contributed by atoms with Crippen molar-refractivity contribution in [3.05, 3.63) is 40.2 Å². The number of nitrogens with two attached hydrogens (primary N) is 1. The number of likely N-dealkylation sites (N-methyl/N-ethyl adjacent to an activating group) is 1. The summed E-state index contributed by atoms with van der Waals surface area (Å²) in [5.41, 5.74) is 0.883. The van der Waals surface area contributed by atoms with Crippen LogP contribution in [0.5, 0.6) is 5.75 Å². The molecule has 0 bridgehead atoms. The zero-order valence-electron chi connectivity index (χ0n) is 20.0. The van der Waals surface area contributed by atoms with Gasteiger partial charge in [-0.05, 0) is 31.6 Å². The lowest BCUT2D eigenvalue weighted by Crippen LogP contribution is -2.70. The first-order chi connectivity index (χ1) is 17.2. The topological polar surface area (TPSA) is 211 Å². The highest BCUT2D eigenvalue weighted by atomic mass is 79.9. The van der Waals surface area contributed by atoms with E-state index in [4.69, 9.17) is 5.73 Å². The molecule has 0 aliphatic heterocycles. The van der Waals surface area contributed by atoms with Crippen LogP contribution in [0, 0.1) is 11.8 Å². The van der Waals surface area contributed by atoms with Crippen molar-refractivity contribution >= 4 is 50.8 Å². The Bertz CT molecular complexity index is 1320. The average Bonchev–Trinajstić information content (AvgIpc) is 2.82. The van der Waals surface area contributed by atoms with E-state index in [2.05, 4.69) is 21.2 Å². The predicted octanol–water partition coefficient (Wildman–Crippen LogP) is -0.171. The normalized spacial score (nSPS) is 31.2. The van der Waals surface area contributed by atoms with Crippen LogP contribution in [0.15, 0.2) is 29.0 Å². The van der Waals surface area contributed by atoms with E-state index in [0.717, 1.165) is 0 Å². The molecule has 0 saturated heterocycles. The van der Waals surface area contributed by atoms with Crippen molar-refractivity contribution in [2.45, 2.75) is 30.6 Å². The Balaban J connectivity index is 2.01. The van der Waals surface area contributed by atoms with Crippen LogP contribution in [-0.2, 0) is 19.2 Å². The van der Waals surface area contributed by atoms with E-state index in [1.165, 1.54) is 31.1 Å². The molecule has 0 spiro atoms. The molecule has 12 nitrogen and oxygen atoms in total. The van der Waals surface area contributed by atoms with Gasteiger partial charge in [-0.3, -0.25) is 24.1 Å². The number of benzene rings is 1. The number of hydrogen-bond acceptors (Lipinski definition) is 10. The molecule has 0 aromatic heterocycles. The standard InChI is InChI=1S/C24H26BrN3O9/c1-7-8-4-5-9(27-10(29)6-25)17(30)12(8)18(31)13-11(7)19(32)15-16(28(2)3)20(33)14(23(26)36)22(35)24(15,37)21(13)34/h4-5,7,11,15-16,19,30-32,35,37H,6H2,1-3H3,(H2,26,36)(H,27,29)/t7-,11?,15?,16-,19?,24-/m0/s1. The van der Waals surface area contributed by atoms with Crippen molar-refractivity contribution in [2.24, 2.45) is 17.6 Å². The summed E-state index contributed by atoms with van der Waals surface area (Å²) in [4.78, 5) is 52.2. The van der Waals surface area contributed by atoms with Gasteiger partial charge in [0.2, 0.25) is 11.7 Å². The van der Waals surface area contributed by atoms with Crippen LogP contribution in [-0.4, -0.2) is 91.0 Å². The summed E-state index contributed by atoms with van der Waals surface area (Å²) < 4.78 is 0. The summed E-state index contributed by atoms with van der Waals surface area (Å²) in [5.74, 6) is -10.3. The van der Waals surface area contributed by atoms with E-state index in [1.54, 1.807) is 6.92 Å². The zero-order valence-corrected chi connectivity index (χ0v) is 21.6. The van der Waals surface area contributed by atoms with Crippen molar-refractivity contribution < 1.29 is 44.7 Å². The lowest BCUT2D eigenvalue weighted by Gasteiger charge is -2.53. The number of anilines is 1. The number of rotatable bonds is 4. The number of alkyl halides is 1. The highest BCUT2D eigenvalue weighted by molar-refractivity contribution is 9.09. The van der Waals surface area contributed by atoms with Gasteiger partial charge < -0.3 is 36.6 Å². The van der Waals surface area contributed by atoms with E-state index in [1.807, 2.05) is 0 Å². The number of hydrogen-bond donors (Lipinski definition) is 7. The Morgan fingerprint density at radius 2 is 1.81 bits per heavy atom. The number of aromatic hydroxyl groups is 1. The quantitative estimate of drug-likeness (QED) is 0.142. The molecule has 13 heteroatoms. The number of nitrogens with one attached hydrogen (secondary N) is 1. The molecule has 3 aliphatic rings. The smallest absolute Gasteiger partial charge is 0.255 e. The number of Topliss-reactive ketones (excluding diaryl/α,β-unsaturated/α-hetero) is 2. The minimum atomic E-state index is -2.99. The lowest BCUT2D eigenvalue weighted by molar-refractivity contribution is -0.169. The molecule has 1 saturated carbocycles. The van der Waals surface area contributed by atoms with Crippen molar-refractivity contribution in [1.29, 1.82) is 0 Å². The van der Waals surface area contributed by atoms with Gasteiger partial charge in [-0.1, -0.05) is 28.9 Å². The second-order valence-corrected chi connectivity index (χ2v) is 10.2. The number of amides is 2. The maximum absolute atomic E-state index is 13.9. The third-order valence-electron chi connectivity index (χ3n) is 7.52. The van der Waals surface area contributed by atoms with Crippen LogP contribution < -0.4 is 11.1 Å². The first-order valence-electron chi connectivity index (χ1n) is 11.3. The number of ketones is 2. The molecule has 4 rings (SSSR count). The summed E-state index contributed by atoms with van der Waals surface area (Å²) in [6, 6.07) is 1.49. The molecule has 2 amide bonds. The Morgan fingerprint density at radius 3 is 2.35 bits per heavy atom. The van der Waals surface area contributed by atoms with Gasteiger partial charge in [0.25, 0.3) is 5.91 Å². The fourth-order valence-electron chi connectivity index (χ4n) is 5.90. The highest BCUT2D eigenvalue weighted by Crippen LogP contribution is 2.56. The number of halogens is 1. The Morgan fingerprint density at radius 1 is 1.19 bits per heavy atom. The third-order valence-corrected chi connectivity index (χ3v) is 8.03. The van der Waals surface area contributed by atoms with E-state index < -0.39 is 87.3 Å². The fourth-order valence-corrected chi connectivity index (χ4v) is 6.04. The molecule has 0 heterocycles. The second-order valence-electron chi connectivity index (χ2n) is 9.66. The Hall–Kier alpha value is -3.26. The molecule has 1 aromatic rings. The number of phenols is 1. The van der Waals surface area contributed by atoms with Gasteiger partial charge in [0.1, 0.15) is 22.8 Å². The van der Waals surface area contributed by atoms with Gasteiger partial charge in [-0.2, -0.15) is 0 Å². The van der Waals surface area contributed by atoms with Gasteiger partial charge in [-0.15, -0.1) is 0 Å². The molecule has 198 valence electrons. The average molecular weight is 580 g/mol. The molecule has 1 aromatic carbocycles. The maximum atomic E-state index is 13.9. The van der Waals surface area contributed by atoms with Gasteiger partial charge in [0, 0.05) is 11.5 Å². The van der Waals surface area contributed by atoms with Crippen molar-refractivity contribution in [1.82, 2.24) is 4.90 Å². The summed E-state index contributed by atoms with van der Waals surface area (Å²) >= 11 is 2.99. The SMILES string of the molecule is C[C@H]1c2ccc(NC(=O)CBr)c(O)c2C(O)=C2C(=O)[C@]3(O)C(O)=C(C(N)=O)C(=O)[C@@H](N(C)C)C3C(O)C21. The van der Waals surface area contributed by atoms with E-state index >= 15 is 0 Å². The number of aliphatic hydroxyl groups excluding tert-OH is 3. The number of phenolic OH excluding ortho intramolecular Hbond substituents is 1. The Labute approximate surface area is 219 Å². The zero-order chi connectivity index (χ0) is 27.7. The molecular formula is C24H26BrN3O9. The van der Waals surface area contributed by atoms with Gasteiger partial charge in [0.15, 0.2) is 11.4 Å². The summed E-state index contributed by atoms with van der Waals surface area (Å²) in [6.45, 7) is 1.62. The second kappa shape index (κ2) is 8.94. The summed E-state index contributed by atoms with van der Waals surface area (Å²) in [6.07, 6.45) is -1.68. The highest BCUT2D eigenvalue weighted by Gasteiger charge is 2.68. The maximum Gasteiger partial charge on any atom is 0.255 e. The lowest BCUT2D eigenvalue weighted by atomic mass is 9.54. The van der Waals surface area contributed by atoms with Crippen molar-refractivity contribution in [3.63, 3.8) is 0 Å². The van der Waals surface area contributed by atoms with E-state index in [0.29, 0.717) is 5.56 Å². The molecule has 3 aliphatic carbocycles. The predicted molar refractivity (Wildman–Crippen MR) is 133 cm³/mol.